The fourth-order valence-corrected chi connectivity index (χ4v) is 3.33. The Kier molecular flexibility index (Phi) is 6.19. The molecule has 0 saturated carbocycles. The third kappa shape index (κ3) is 4.48. The number of hydrazine groups is 1. The molecule has 8 heteroatoms. The highest BCUT2D eigenvalue weighted by atomic mass is 35.5. The Bertz CT molecular complexity index is 1260. The van der Waals surface area contributed by atoms with Crippen LogP contribution in [-0.2, 0) is 0 Å². The first-order valence-corrected chi connectivity index (χ1v) is 10.1. The van der Waals surface area contributed by atoms with Crippen LogP contribution in [0.4, 0.5) is 0 Å². The van der Waals surface area contributed by atoms with Gasteiger partial charge in [0.1, 0.15) is 11.4 Å². The first-order valence-electron chi connectivity index (χ1n) is 9.72. The number of hydrogen-bond donors (Lipinski definition) is 2. The van der Waals surface area contributed by atoms with E-state index in [0.717, 1.165) is 5.56 Å². The minimum absolute atomic E-state index is 0.196. The van der Waals surface area contributed by atoms with E-state index in [-0.39, 0.29) is 11.3 Å². The smallest absolute Gasteiger partial charge is 0.288 e. The lowest BCUT2D eigenvalue weighted by Crippen LogP contribution is -2.42. The van der Waals surface area contributed by atoms with E-state index < -0.39 is 11.8 Å². The minimum atomic E-state index is -0.563. The lowest BCUT2D eigenvalue weighted by Gasteiger charge is -2.11. The van der Waals surface area contributed by atoms with Gasteiger partial charge in [0.25, 0.3) is 11.8 Å². The number of carbonyl (C=O) groups excluding carboxylic acids is 2. The number of nitrogens with zero attached hydrogens (tertiary/aromatic N) is 2. The van der Waals surface area contributed by atoms with E-state index in [4.69, 9.17) is 16.3 Å². The molecule has 4 aromatic rings. The van der Waals surface area contributed by atoms with Gasteiger partial charge >= 0.3 is 0 Å². The van der Waals surface area contributed by atoms with Crippen molar-refractivity contribution in [3.63, 3.8) is 0 Å². The topological polar surface area (TPSA) is 85.2 Å². The molecule has 0 aliphatic carbocycles. The SMILES string of the molecule is COc1ccc(Cl)cc1C(=O)NNC(=O)c1cc(-c2ccccc2)nn1-c1ccccc1. The molecular formula is C24H19ClN4O3. The van der Waals surface area contributed by atoms with Gasteiger partial charge in [-0.15, -0.1) is 0 Å². The number of benzene rings is 3. The standard InChI is InChI=1S/C24H19ClN4O3/c1-32-22-13-12-17(25)14-19(22)23(30)26-27-24(31)21-15-20(16-8-4-2-5-9-16)28-29(21)18-10-6-3-7-11-18/h2-15H,1H3,(H,26,30)(H,27,31). The molecule has 3 aromatic carbocycles. The van der Waals surface area contributed by atoms with Gasteiger partial charge in [0.05, 0.1) is 24.1 Å². The Balaban J connectivity index is 1.61. The second kappa shape index (κ2) is 9.36. The van der Waals surface area contributed by atoms with Gasteiger partial charge in [0, 0.05) is 10.6 Å². The van der Waals surface area contributed by atoms with Crippen LogP contribution in [0.25, 0.3) is 16.9 Å². The molecule has 0 fully saturated rings. The zero-order valence-electron chi connectivity index (χ0n) is 17.1. The van der Waals surface area contributed by atoms with Crippen LogP contribution < -0.4 is 15.6 Å². The maximum absolute atomic E-state index is 13.0. The van der Waals surface area contributed by atoms with Crippen LogP contribution in [0.3, 0.4) is 0 Å². The van der Waals surface area contributed by atoms with Gasteiger partial charge in [-0.1, -0.05) is 60.1 Å². The number of methoxy groups -OCH3 is 1. The quantitative estimate of drug-likeness (QED) is 0.448. The summed E-state index contributed by atoms with van der Waals surface area (Å²) in [6.07, 6.45) is 0. The molecule has 1 heterocycles. The summed E-state index contributed by atoms with van der Waals surface area (Å²) in [6.45, 7) is 0. The largest absolute Gasteiger partial charge is 0.496 e. The van der Waals surface area contributed by atoms with Crippen molar-refractivity contribution in [3.05, 3.63) is 101 Å². The van der Waals surface area contributed by atoms with Crippen molar-refractivity contribution in [1.82, 2.24) is 20.6 Å². The first-order chi connectivity index (χ1) is 15.6. The molecule has 0 saturated heterocycles. The van der Waals surface area contributed by atoms with Crippen molar-refractivity contribution in [2.45, 2.75) is 0 Å². The number of amides is 2. The van der Waals surface area contributed by atoms with Crippen molar-refractivity contribution in [2.75, 3.05) is 7.11 Å². The predicted molar refractivity (Wildman–Crippen MR) is 122 cm³/mol. The number of halogens is 1. The summed E-state index contributed by atoms with van der Waals surface area (Å²) >= 11 is 5.99. The third-order valence-electron chi connectivity index (χ3n) is 4.71. The fraction of sp³-hybridized carbons (Fsp3) is 0.0417. The molecule has 0 spiro atoms. The van der Waals surface area contributed by atoms with Crippen LogP contribution in [0.5, 0.6) is 5.75 Å². The predicted octanol–water partition coefficient (Wildman–Crippen LogP) is 4.28. The lowest BCUT2D eigenvalue weighted by atomic mass is 10.1. The molecular weight excluding hydrogens is 428 g/mol. The fourth-order valence-electron chi connectivity index (χ4n) is 3.16. The minimum Gasteiger partial charge on any atom is -0.496 e. The van der Waals surface area contributed by atoms with Gasteiger partial charge < -0.3 is 4.74 Å². The lowest BCUT2D eigenvalue weighted by molar-refractivity contribution is 0.0840. The number of carbonyl (C=O) groups is 2. The van der Waals surface area contributed by atoms with Gasteiger partial charge in [-0.2, -0.15) is 5.10 Å². The molecule has 32 heavy (non-hydrogen) atoms. The normalized spacial score (nSPS) is 10.4. The molecule has 2 amide bonds. The highest BCUT2D eigenvalue weighted by molar-refractivity contribution is 6.31. The van der Waals surface area contributed by atoms with E-state index in [1.165, 1.54) is 17.9 Å². The van der Waals surface area contributed by atoms with E-state index in [0.29, 0.717) is 22.2 Å². The maximum Gasteiger partial charge on any atom is 0.288 e. The summed E-state index contributed by atoms with van der Waals surface area (Å²) in [4.78, 5) is 25.6. The van der Waals surface area contributed by atoms with Crippen molar-refractivity contribution in [1.29, 1.82) is 0 Å². The Labute approximate surface area is 189 Å². The zero-order valence-corrected chi connectivity index (χ0v) is 17.8. The molecule has 7 nitrogen and oxygen atoms in total. The Morgan fingerprint density at radius 3 is 2.22 bits per heavy atom. The molecule has 0 bridgehead atoms. The van der Waals surface area contributed by atoms with Crippen LogP contribution in [0.2, 0.25) is 5.02 Å². The van der Waals surface area contributed by atoms with E-state index in [1.807, 2.05) is 60.7 Å². The third-order valence-corrected chi connectivity index (χ3v) is 4.94. The number of ether oxygens (including phenoxy) is 1. The van der Waals surface area contributed by atoms with Crippen molar-refractivity contribution in [2.24, 2.45) is 0 Å². The Morgan fingerprint density at radius 2 is 1.53 bits per heavy atom. The molecule has 0 unspecified atom stereocenters. The van der Waals surface area contributed by atoms with Crippen LogP contribution in [0.1, 0.15) is 20.8 Å². The highest BCUT2D eigenvalue weighted by Gasteiger charge is 2.19. The van der Waals surface area contributed by atoms with Crippen LogP contribution in [0.15, 0.2) is 84.9 Å². The highest BCUT2D eigenvalue weighted by Crippen LogP contribution is 2.23. The van der Waals surface area contributed by atoms with Crippen molar-refractivity contribution in [3.8, 4) is 22.7 Å². The average Bonchev–Trinajstić information content (AvgIpc) is 3.29. The van der Waals surface area contributed by atoms with Gasteiger partial charge in [0.15, 0.2) is 0 Å². The zero-order chi connectivity index (χ0) is 22.5. The average molecular weight is 447 g/mol. The number of aromatic nitrogens is 2. The second-order valence-electron chi connectivity index (χ2n) is 6.78. The molecule has 0 aliphatic heterocycles. The van der Waals surface area contributed by atoms with Crippen molar-refractivity contribution < 1.29 is 14.3 Å². The summed E-state index contributed by atoms with van der Waals surface area (Å²) in [5, 5.41) is 4.97. The van der Waals surface area contributed by atoms with Gasteiger partial charge in [-0.3, -0.25) is 20.4 Å². The van der Waals surface area contributed by atoms with Gasteiger partial charge in [-0.25, -0.2) is 4.68 Å². The number of para-hydroxylation sites is 1. The molecule has 0 atom stereocenters. The monoisotopic (exact) mass is 446 g/mol. The maximum atomic E-state index is 13.0. The van der Waals surface area contributed by atoms with Crippen LogP contribution >= 0.6 is 11.6 Å². The number of rotatable bonds is 5. The number of nitrogens with one attached hydrogen (secondary N) is 2. The Morgan fingerprint density at radius 1 is 0.875 bits per heavy atom. The molecule has 4 rings (SSSR count). The van der Waals surface area contributed by atoms with E-state index in [1.54, 1.807) is 18.2 Å². The van der Waals surface area contributed by atoms with Crippen molar-refractivity contribution >= 4 is 23.4 Å². The molecule has 0 aliphatic rings. The van der Waals surface area contributed by atoms with E-state index in [2.05, 4.69) is 16.0 Å². The molecule has 2 N–H and O–H groups in total. The van der Waals surface area contributed by atoms with E-state index >= 15 is 0 Å². The summed E-state index contributed by atoms with van der Waals surface area (Å²) in [5.74, 6) is -0.758. The van der Waals surface area contributed by atoms with E-state index in [9.17, 15) is 9.59 Å². The summed E-state index contributed by atoms with van der Waals surface area (Å²) < 4.78 is 6.73. The molecule has 1 aromatic heterocycles. The first kappa shape index (κ1) is 21.1. The van der Waals surface area contributed by atoms with Crippen LogP contribution in [0, 0.1) is 0 Å². The summed E-state index contributed by atoms with van der Waals surface area (Å²) in [7, 11) is 1.45. The summed E-state index contributed by atoms with van der Waals surface area (Å²) in [5.41, 5.74) is 7.51. The second-order valence-corrected chi connectivity index (χ2v) is 7.22. The van der Waals surface area contributed by atoms with Crippen LogP contribution in [-0.4, -0.2) is 28.7 Å². The molecule has 0 radical (unpaired) electrons. The van der Waals surface area contributed by atoms with Gasteiger partial charge in [-0.05, 0) is 36.4 Å². The van der Waals surface area contributed by atoms with Gasteiger partial charge in [0.2, 0.25) is 0 Å². The Hall–Kier alpha value is -4.10. The summed E-state index contributed by atoms with van der Waals surface area (Å²) in [6, 6.07) is 25.1. The number of hydrogen-bond acceptors (Lipinski definition) is 4. The molecule has 160 valence electrons.